The molecule has 0 aliphatic carbocycles. The monoisotopic (exact) mass is 368 g/mol. The van der Waals surface area contributed by atoms with Gasteiger partial charge in [0, 0.05) is 20.1 Å². The first kappa shape index (κ1) is 18.0. The SMILES string of the molecule is CN=C(NCCCN1CCCC1)NCC(C)C.I. The van der Waals surface area contributed by atoms with Crippen LogP contribution < -0.4 is 10.6 Å². The first-order valence-corrected chi connectivity index (χ1v) is 6.89. The second-order valence-corrected chi connectivity index (χ2v) is 5.18. The summed E-state index contributed by atoms with van der Waals surface area (Å²) in [7, 11) is 1.83. The predicted molar refractivity (Wildman–Crippen MR) is 89.9 cm³/mol. The van der Waals surface area contributed by atoms with Crippen molar-refractivity contribution in [3.05, 3.63) is 0 Å². The molecule has 1 aliphatic rings. The molecule has 0 aromatic carbocycles. The molecule has 4 nitrogen and oxygen atoms in total. The molecule has 18 heavy (non-hydrogen) atoms. The molecule has 1 saturated heterocycles. The van der Waals surface area contributed by atoms with Gasteiger partial charge in [-0.2, -0.15) is 0 Å². The van der Waals surface area contributed by atoms with E-state index < -0.39 is 0 Å². The number of hydrogen-bond donors (Lipinski definition) is 2. The summed E-state index contributed by atoms with van der Waals surface area (Å²) in [4.78, 5) is 6.76. The van der Waals surface area contributed by atoms with Crippen molar-refractivity contribution in [3.8, 4) is 0 Å². The van der Waals surface area contributed by atoms with Gasteiger partial charge in [-0.3, -0.25) is 4.99 Å². The number of halogens is 1. The summed E-state index contributed by atoms with van der Waals surface area (Å²) < 4.78 is 0. The summed E-state index contributed by atoms with van der Waals surface area (Å²) >= 11 is 0. The molecule has 0 radical (unpaired) electrons. The summed E-state index contributed by atoms with van der Waals surface area (Å²) in [6.07, 6.45) is 3.96. The van der Waals surface area contributed by atoms with Crippen molar-refractivity contribution in [3.63, 3.8) is 0 Å². The topological polar surface area (TPSA) is 39.7 Å². The first-order chi connectivity index (χ1) is 8.22. The molecule has 0 aromatic rings. The predicted octanol–water partition coefficient (Wildman–Crippen LogP) is 1.91. The summed E-state index contributed by atoms with van der Waals surface area (Å²) in [5.74, 6) is 1.58. The van der Waals surface area contributed by atoms with Crippen LogP contribution in [-0.2, 0) is 0 Å². The summed E-state index contributed by atoms with van der Waals surface area (Å²) in [5.41, 5.74) is 0. The van der Waals surface area contributed by atoms with Gasteiger partial charge in [-0.25, -0.2) is 0 Å². The zero-order valence-electron chi connectivity index (χ0n) is 12.0. The van der Waals surface area contributed by atoms with Crippen molar-refractivity contribution < 1.29 is 0 Å². The van der Waals surface area contributed by atoms with E-state index >= 15 is 0 Å². The molecule has 1 aliphatic heterocycles. The fraction of sp³-hybridized carbons (Fsp3) is 0.923. The Kier molecular flexibility index (Phi) is 10.8. The number of rotatable bonds is 6. The smallest absolute Gasteiger partial charge is 0.190 e. The van der Waals surface area contributed by atoms with Crippen molar-refractivity contribution in [1.29, 1.82) is 0 Å². The van der Waals surface area contributed by atoms with Crippen LogP contribution in [0.3, 0.4) is 0 Å². The van der Waals surface area contributed by atoms with Crippen molar-refractivity contribution >= 4 is 29.9 Å². The van der Waals surface area contributed by atoms with Crippen LogP contribution >= 0.6 is 24.0 Å². The molecule has 1 heterocycles. The number of hydrogen-bond acceptors (Lipinski definition) is 2. The Morgan fingerprint density at radius 3 is 2.44 bits per heavy atom. The Balaban J connectivity index is 0.00000289. The molecular weight excluding hydrogens is 339 g/mol. The van der Waals surface area contributed by atoms with E-state index in [0.29, 0.717) is 5.92 Å². The molecule has 0 bridgehead atoms. The lowest BCUT2D eigenvalue weighted by Crippen LogP contribution is -2.40. The number of nitrogens with one attached hydrogen (secondary N) is 2. The van der Waals surface area contributed by atoms with Crippen LogP contribution in [-0.4, -0.2) is 50.6 Å². The second-order valence-electron chi connectivity index (χ2n) is 5.18. The molecule has 1 rings (SSSR count). The Labute approximate surface area is 129 Å². The largest absolute Gasteiger partial charge is 0.356 e. The van der Waals surface area contributed by atoms with E-state index in [1.54, 1.807) is 0 Å². The minimum absolute atomic E-state index is 0. The highest BCUT2D eigenvalue weighted by molar-refractivity contribution is 14.0. The van der Waals surface area contributed by atoms with Gasteiger partial charge in [-0.05, 0) is 44.8 Å². The van der Waals surface area contributed by atoms with Gasteiger partial charge in [0.2, 0.25) is 0 Å². The molecule has 0 spiro atoms. The van der Waals surface area contributed by atoms with Crippen molar-refractivity contribution in [1.82, 2.24) is 15.5 Å². The highest BCUT2D eigenvalue weighted by Crippen LogP contribution is 2.06. The zero-order valence-corrected chi connectivity index (χ0v) is 14.4. The fourth-order valence-electron chi connectivity index (χ4n) is 2.04. The molecule has 0 amide bonds. The minimum atomic E-state index is 0. The maximum Gasteiger partial charge on any atom is 0.190 e. The Morgan fingerprint density at radius 2 is 1.89 bits per heavy atom. The normalized spacial score (nSPS) is 16.8. The van der Waals surface area contributed by atoms with Gasteiger partial charge in [0.15, 0.2) is 5.96 Å². The van der Waals surface area contributed by atoms with Crippen LogP contribution in [0.2, 0.25) is 0 Å². The number of likely N-dealkylation sites (tertiary alicyclic amines) is 1. The highest BCUT2D eigenvalue weighted by Gasteiger charge is 2.10. The van der Waals surface area contributed by atoms with Gasteiger partial charge in [0.25, 0.3) is 0 Å². The molecule has 0 aromatic heterocycles. The summed E-state index contributed by atoms with van der Waals surface area (Å²) in [5, 5.41) is 6.68. The van der Waals surface area contributed by atoms with Crippen LogP contribution in [0.4, 0.5) is 0 Å². The zero-order chi connectivity index (χ0) is 12.5. The lowest BCUT2D eigenvalue weighted by atomic mass is 10.2. The maximum atomic E-state index is 4.21. The van der Waals surface area contributed by atoms with Crippen molar-refractivity contribution in [2.24, 2.45) is 10.9 Å². The first-order valence-electron chi connectivity index (χ1n) is 6.89. The molecule has 2 N–H and O–H groups in total. The molecule has 1 fully saturated rings. The van der Waals surface area contributed by atoms with Crippen LogP contribution in [0, 0.1) is 5.92 Å². The van der Waals surface area contributed by atoms with E-state index in [4.69, 9.17) is 0 Å². The van der Waals surface area contributed by atoms with E-state index in [0.717, 1.165) is 19.0 Å². The van der Waals surface area contributed by atoms with Gasteiger partial charge in [0.05, 0.1) is 0 Å². The minimum Gasteiger partial charge on any atom is -0.356 e. The van der Waals surface area contributed by atoms with Gasteiger partial charge in [-0.1, -0.05) is 13.8 Å². The third-order valence-electron chi connectivity index (χ3n) is 3.04. The summed E-state index contributed by atoms with van der Waals surface area (Å²) in [6.45, 7) is 10.2. The quantitative estimate of drug-likeness (QED) is 0.326. The van der Waals surface area contributed by atoms with Crippen LogP contribution in [0.5, 0.6) is 0 Å². The number of aliphatic imine (C=N–C) groups is 1. The molecular formula is C13H29IN4. The Morgan fingerprint density at radius 1 is 1.22 bits per heavy atom. The fourth-order valence-corrected chi connectivity index (χ4v) is 2.04. The van der Waals surface area contributed by atoms with Crippen LogP contribution in [0.1, 0.15) is 33.1 Å². The molecule has 0 saturated carbocycles. The third kappa shape index (κ3) is 8.13. The number of guanidine groups is 1. The van der Waals surface area contributed by atoms with Gasteiger partial charge in [0.1, 0.15) is 0 Å². The van der Waals surface area contributed by atoms with E-state index in [-0.39, 0.29) is 24.0 Å². The van der Waals surface area contributed by atoms with Gasteiger partial charge >= 0.3 is 0 Å². The number of nitrogens with zero attached hydrogens (tertiary/aromatic N) is 2. The Bertz CT molecular complexity index is 225. The van der Waals surface area contributed by atoms with Crippen LogP contribution in [0.15, 0.2) is 4.99 Å². The van der Waals surface area contributed by atoms with Crippen molar-refractivity contribution in [2.75, 3.05) is 39.8 Å². The second kappa shape index (κ2) is 10.8. The maximum absolute atomic E-state index is 4.21. The van der Waals surface area contributed by atoms with Crippen LogP contribution in [0.25, 0.3) is 0 Å². The molecule has 0 unspecified atom stereocenters. The van der Waals surface area contributed by atoms with E-state index in [1.165, 1.54) is 38.9 Å². The standard InChI is InChI=1S/C13H28N4.HI/c1-12(2)11-16-13(14-3)15-7-6-10-17-8-4-5-9-17;/h12H,4-11H2,1-3H3,(H2,14,15,16);1H. The van der Waals surface area contributed by atoms with E-state index in [1.807, 2.05) is 7.05 Å². The molecule has 108 valence electrons. The highest BCUT2D eigenvalue weighted by atomic mass is 127. The van der Waals surface area contributed by atoms with E-state index in [2.05, 4.69) is 34.4 Å². The third-order valence-corrected chi connectivity index (χ3v) is 3.04. The van der Waals surface area contributed by atoms with Gasteiger partial charge in [-0.15, -0.1) is 24.0 Å². The van der Waals surface area contributed by atoms with Crippen molar-refractivity contribution in [2.45, 2.75) is 33.1 Å². The van der Waals surface area contributed by atoms with E-state index in [9.17, 15) is 0 Å². The average Bonchev–Trinajstić information content (AvgIpc) is 2.81. The van der Waals surface area contributed by atoms with Gasteiger partial charge < -0.3 is 15.5 Å². The lowest BCUT2D eigenvalue weighted by Gasteiger charge is -2.16. The molecule has 5 heteroatoms. The lowest BCUT2D eigenvalue weighted by molar-refractivity contribution is 0.334. The molecule has 0 atom stereocenters. The average molecular weight is 368 g/mol. The Hall–Kier alpha value is -0.0400. The summed E-state index contributed by atoms with van der Waals surface area (Å²) in [6, 6.07) is 0.